The number of ketones is 1. The first-order chi connectivity index (χ1) is 14.0. The van der Waals surface area contributed by atoms with Gasteiger partial charge in [0.05, 0.1) is 11.2 Å². The number of H-pyrrole nitrogens is 1. The maximum atomic E-state index is 12.3. The van der Waals surface area contributed by atoms with Crippen molar-refractivity contribution >= 4 is 39.1 Å². The minimum Gasteiger partial charge on any atom is -0.357 e. The van der Waals surface area contributed by atoms with Crippen LogP contribution in [0.1, 0.15) is 28.0 Å². The van der Waals surface area contributed by atoms with Gasteiger partial charge in [0, 0.05) is 51.3 Å². The molecule has 5 rings (SSSR count). The van der Waals surface area contributed by atoms with Crippen LogP contribution in [0.15, 0.2) is 55.3 Å². The molecule has 0 spiro atoms. The maximum absolute atomic E-state index is 12.3. The fourth-order valence-electron chi connectivity index (χ4n) is 4.16. The van der Waals surface area contributed by atoms with E-state index in [0.29, 0.717) is 12.1 Å². The van der Waals surface area contributed by atoms with E-state index in [0.717, 1.165) is 56.2 Å². The molecule has 2 aromatic carbocycles. The van der Waals surface area contributed by atoms with E-state index in [9.17, 15) is 9.59 Å². The van der Waals surface area contributed by atoms with E-state index >= 15 is 0 Å². The van der Waals surface area contributed by atoms with Crippen LogP contribution in [0.2, 0.25) is 0 Å². The fraction of sp³-hybridized carbons (Fsp3) is 0.125. The van der Waals surface area contributed by atoms with Crippen LogP contribution in [-0.2, 0) is 11.2 Å². The summed E-state index contributed by atoms with van der Waals surface area (Å²) in [5.74, 6) is -0.0403. The SMILES string of the molecule is C=CC(=O)Nc1cc(C)cc(-c2cc3c(ccc4c5c([nH]c43)CCC5=O)cn2)c1. The van der Waals surface area contributed by atoms with Crippen LogP contribution in [0, 0.1) is 6.92 Å². The number of fused-ring (bicyclic) bond motifs is 5. The summed E-state index contributed by atoms with van der Waals surface area (Å²) in [6.07, 6.45) is 4.45. The molecule has 5 heteroatoms. The lowest BCUT2D eigenvalue weighted by atomic mass is 10.0. The molecule has 29 heavy (non-hydrogen) atoms. The molecule has 0 radical (unpaired) electrons. The van der Waals surface area contributed by atoms with Gasteiger partial charge in [0.2, 0.25) is 5.91 Å². The van der Waals surface area contributed by atoms with Crippen LogP contribution in [-0.4, -0.2) is 21.7 Å². The molecule has 2 aromatic heterocycles. The van der Waals surface area contributed by atoms with E-state index in [1.54, 1.807) is 0 Å². The molecule has 0 saturated carbocycles. The fourth-order valence-corrected chi connectivity index (χ4v) is 4.16. The number of aromatic amines is 1. The first-order valence-electron chi connectivity index (χ1n) is 9.55. The third-order valence-electron chi connectivity index (χ3n) is 5.46. The second-order valence-electron chi connectivity index (χ2n) is 7.46. The van der Waals surface area contributed by atoms with Crippen LogP contribution >= 0.6 is 0 Å². The van der Waals surface area contributed by atoms with Crippen LogP contribution in [0.5, 0.6) is 0 Å². The number of hydrogen-bond acceptors (Lipinski definition) is 3. The Morgan fingerprint density at radius 2 is 2.03 bits per heavy atom. The molecular formula is C24H19N3O2. The minimum absolute atomic E-state index is 0.209. The van der Waals surface area contributed by atoms with E-state index < -0.39 is 0 Å². The Kier molecular flexibility index (Phi) is 3.84. The summed E-state index contributed by atoms with van der Waals surface area (Å²) >= 11 is 0. The molecule has 0 aliphatic heterocycles. The first kappa shape index (κ1) is 17.4. The topological polar surface area (TPSA) is 74.8 Å². The zero-order chi connectivity index (χ0) is 20.1. The average Bonchev–Trinajstić information content (AvgIpc) is 3.27. The molecule has 0 unspecified atom stereocenters. The lowest BCUT2D eigenvalue weighted by Crippen LogP contribution is -2.07. The van der Waals surface area contributed by atoms with Gasteiger partial charge in [-0.2, -0.15) is 0 Å². The van der Waals surface area contributed by atoms with Crippen LogP contribution < -0.4 is 5.32 Å². The number of carbonyl (C=O) groups is 2. The molecule has 1 amide bonds. The highest BCUT2D eigenvalue weighted by Gasteiger charge is 2.25. The number of anilines is 1. The van der Waals surface area contributed by atoms with Crippen molar-refractivity contribution in [1.82, 2.24) is 9.97 Å². The van der Waals surface area contributed by atoms with Gasteiger partial charge in [0.15, 0.2) is 5.78 Å². The van der Waals surface area contributed by atoms with Crippen molar-refractivity contribution in [3.8, 4) is 11.3 Å². The van der Waals surface area contributed by atoms with Gasteiger partial charge in [-0.15, -0.1) is 0 Å². The Morgan fingerprint density at radius 3 is 2.86 bits per heavy atom. The van der Waals surface area contributed by atoms with E-state index in [-0.39, 0.29) is 11.7 Å². The van der Waals surface area contributed by atoms with Gasteiger partial charge >= 0.3 is 0 Å². The van der Waals surface area contributed by atoms with Gasteiger partial charge in [-0.25, -0.2) is 0 Å². The second kappa shape index (κ2) is 6.41. The van der Waals surface area contributed by atoms with E-state index in [1.807, 2.05) is 49.5 Å². The Hall–Kier alpha value is -3.73. The van der Waals surface area contributed by atoms with Gasteiger partial charge in [0.25, 0.3) is 0 Å². The van der Waals surface area contributed by atoms with E-state index in [2.05, 4.69) is 21.9 Å². The smallest absolute Gasteiger partial charge is 0.247 e. The predicted molar refractivity (Wildman–Crippen MR) is 115 cm³/mol. The minimum atomic E-state index is -0.250. The molecule has 1 aliphatic carbocycles. The third kappa shape index (κ3) is 2.83. The number of rotatable bonds is 3. The molecule has 2 heterocycles. The van der Waals surface area contributed by atoms with Crippen molar-refractivity contribution in [2.75, 3.05) is 5.32 Å². The molecule has 0 saturated heterocycles. The van der Waals surface area contributed by atoms with Crippen molar-refractivity contribution in [3.63, 3.8) is 0 Å². The van der Waals surface area contributed by atoms with Gasteiger partial charge in [-0.3, -0.25) is 14.6 Å². The average molecular weight is 381 g/mol. The predicted octanol–water partition coefficient (Wildman–Crippen LogP) is 4.94. The molecule has 5 nitrogen and oxygen atoms in total. The van der Waals surface area contributed by atoms with Crippen molar-refractivity contribution < 1.29 is 9.59 Å². The van der Waals surface area contributed by atoms with E-state index in [4.69, 9.17) is 0 Å². The summed E-state index contributed by atoms with van der Waals surface area (Å²) < 4.78 is 0. The summed E-state index contributed by atoms with van der Waals surface area (Å²) in [7, 11) is 0. The summed E-state index contributed by atoms with van der Waals surface area (Å²) in [5, 5.41) is 5.84. The van der Waals surface area contributed by atoms with Crippen molar-refractivity contribution in [1.29, 1.82) is 0 Å². The molecule has 0 bridgehead atoms. The van der Waals surface area contributed by atoms with Gasteiger partial charge in [0.1, 0.15) is 0 Å². The molecule has 0 fully saturated rings. The maximum Gasteiger partial charge on any atom is 0.247 e. The number of hydrogen-bond donors (Lipinski definition) is 2. The van der Waals surface area contributed by atoms with Gasteiger partial charge in [-0.05, 0) is 49.2 Å². The number of benzene rings is 2. The van der Waals surface area contributed by atoms with Crippen molar-refractivity contribution in [2.24, 2.45) is 0 Å². The lowest BCUT2D eigenvalue weighted by Gasteiger charge is -2.09. The summed E-state index contributed by atoms with van der Waals surface area (Å²) in [6, 6.07) is 11.9. The first-order valence-corrected chi connectivity index (χ1v) is 9.55. The Morgan fingerprint density at radius 1 is 1.17 bits per heavy atom. The van der Waals surface area contributed by atoms with Crippen molar-refractivity contribution in [3.05, 3.63) is 72.1 Å². The molecule has 1 aliphatic rings. The number of nitrogens with zero attached hydrogens (tertiary/aromatic N) is 1. The summed E-state index contributed by atoms with van der Waals surface area (Å²) in [4.78, 5) is 32.1. The van der Waals surface area contributed by atoms with Crippen LogP contribution in [0.4, 0.5) is 5.69 Å². The highest BCUT2D eigenvalue weighted by Crippen LogP contribution is 2.35. The Balaban J connectivity index is 1.68. The number of aromatic nitrogens is 2. The van der Waals surface area contributed by atoms with Gasteiger partial charge in [-0.1, -0.05) is 18.7 Å². The number of amides is 1. The molecule has 0 atom stereocenters. The highest BCUT2D eigenvalue weighted by molar-refractivity contribution is 6.17. The standard InChI is InChI=1S/C24H19N3O2/c1-3-22(29)26-16-9-13(2)8-15(10-16)20-11-18-14(12-25-20)4-5-17-23-19(27-24(17)18)6-7-21(23)28/h3-5,8-12,27H,1,6-7H2,2H3,(H,26,29). The number of pyridine rings is 1. The number of aryl methyl sites for hydroxylation is 2. The second-order valence-corrected chi connectivity index (χ2v) is 7.46. The van der Waals surface area contributed by atoms with Crippen LogP contribution in [0.3, 0.4) is 0 Å². The summed E-state index contributed by atoms with van der Waals surface area (Å²) in [6.45, 7) is 5.48. The van der Waals surface area contributed by atoms with Crippen LogP contribution in [0.25, 0.3) is 32.9 Å². The molecule has 4 aromatic rings. The van der Waals surface area contributed by atoms with Crippen molar-refractivity contribution in [2.45, 2.75) is 19.8 Å². The Labute approximate surface area is 167 Å². The zero-order valence-electron chi connectivity index (χ0n) is 16.0. The normalized spacial score (nSPS) is 13.1. The molecular weight excluding hydrogens is 362 g/mol. The molecule has 142 valence electrons. The monoisotopic (exact) mass is 381 g/mol. The zero-order valence-corrected chi connectivity index (χ0v) is 16.0. The van der Waals surface area contributed by atoms with Gasteiger partial charge < -0.3 is 10.3 Å². The number of nitrogens with one attached hydrogen (secondary N) is 2. The lowest BCUT2D eigenvalue weighted by molar-refractivity contribution is -0.111. The third-order valence-corrected chi connectivity index (χ3v) is 5.46. The molecule has 2 N–H and O–H groups in total. The highest BCUT2D eigenvalue weighted by atomic mass is 16.1. The number of carbonyl (C=O) groups excluding carboxylic acids is 2. The quantitative estimate of drug-likeness (QED) is 0.493. The number of Topliss-reactive ketones (excluding diaryl/α,β-unsaturated/α-hetero) is 1. The van der Waals surface area contributed by atoms with E-state index in [1.165, 1.54) is 6.08 Å². The largest absolute Gasteiger partial charge is 0.357 e. The Bertz CT molecular complexity index is 1350. The summed E-state index contributed by atoms with van der Waals surface area (Å²) in [5.41, 5.74) is 6.30.